The van der Waals surface area contributed by atoms with Gasteiger partial charge in [-0.2, -0.15) is 0 Å². The van der Waals surface area contributed by atoms with E-state index in [1.807, 2.05) is 4.90 Å². The predicted octanol–water partition coefficient (Wildman–Crippen LogP) is 3.41. The molecule has 1 aromatic carbocycles. The zero-order valence-electron chi connectivity index (χ0n) is 20.3. The average Bonchev–Trinajstić information content (AvgIpc) is 3.31. The Hall–Kier alpha value is -3.46. The number of nitrogens with one attached hydrogen (secondary N) is 3. The van der Waals surface area contributed by atoms with Crippen LogP contribution in [0, 0.1) is 19.7 Å². The van der Waals surface area contributed by atoms with Gasteiger partial charge in [-0.15, -0.1) is 0 Å². The van der Waals surface area contributed by atoms with E-state index in [-0.39, 0.29) is 30.7 Å². The van der Waals surface area contributed by atoms with Gasteiger partial charge < -0.3 is 25.3 Å². The molecule has 35 heavy (non-hydrogen) atoms. The summed E-state index contributed by atoms with van der Waals surface area (Å²) in [6.07, 6.45) is 4.61. The highest BCUT2D eigenvalue weighted by Crippen LogP contribution is 2.34. The van der Waals surface area contributed by atoms with E-state index in [1.54, 1.807) is 19.9 Å². The number of carbonyl (C=O) groups excluding carboxylic acids is 3. The Labute approximate surface area is 203 Å². The van der Waals surface area contributed by atoms with Gasteiger partial charge in [0.15, 0.2) is 0 Å². The third-order valence-corrected chi connectivity index (χ3v) is 6.69. The topological polar surface area (TPSA) is 104 Å². The van der Waals surface area contributed by atoms with Crippen LogP contribution in [0.2, 0.25) is 0 Å². The lowest BCUT2D eigenvalue weighted by atomic mass is 10.0. The zero-order chi connectivity index (χ0) is 25.1. The average molecular weight is 483 g/mol. The number of rotatable bonds is 7. The SMILES string of the molecule is COC(CNC(=O)c1c(C)[nH]c(/C=C2\C(=O)Nc3ccc(F)cc32)c1C)CC(=O)N1CCCCC1. The second kappa shape index (κ2) is 10.4. The Morgan fingerprint density at radius 2 is 1.97 bits per heavy atom. The summed E-state index contributed by atoms with van der Waals surface area (Å²) in [5.41, 5.74) is 3.73. The van der Waals surface area contributed by atoms with Gasteiger partial charge in [-0.25, -0.2) is 4.39 Å². The quantitative estimate of drug-likeness (QED) is 0.526. The van der Waals surface area contributed by atoms with Crippen LogP contribution in [0.4, 0.5) is 10.1 Å². The third-order valence-electron chi connectivity index (χ3n) is 6.69. The van der Waals surface area contributed by atoms with Crippen LogP contribution in [0.3, 0.4) is 0 Å². The maximum absolute atomic E-state index is 13.8. The molecule has 8 nitrogen and oxygen atoms in total. The number of anilines is 1. The first-order chi connectivity index (χ1) is 16.8. The number of halogens is 1. The second-order valence-electron chi connectivity index (χ2n) is 9.08. The molecule has 1 aromatic heterocycles. The van der Waals surface area contributed by atoms with Crippen molar-refractivity contribution >= 4 is 35.1 Å². The van der Waals surface area contributed by atoms with Crippen LogP contribution in [0.15, 0.2) is 18.2 Å². The molecule has 3 amide bonds. The molecule has 2 aliphatic heterocycles. The lowest BCUT2D eigenvalue weighted by Gasteiger charge is -2.28. The van der Waals surface area contributed by atoms with Gasteiger partial charge in [0.1, 0.15) is 5.82 Å². The second-order valence-corrected chi connectivity index (χ2v) is 9.08. The summed E-state index contributed by atoms with van der Waals surface area (Å²) in [6, 6.07) is 4.13. The normalized spacial score (nSPS) is 17.3. The summed E-state index contributed by atoms with van der Waals surface area (Å²) in [6.45, 7) is 5.32. The van der Waals surface area contributed by atoms with Crippen LogP contribution in [0.25, 0.3) is 11.6 Å². The van der Waals surface area contributed by atoms with Crippen molar-refractivity contribution in [3.8, 4) is 0 Å². The van der Waals surface area contributed by atoms with Gasteiger partial charge in [0.05, 0.1) is 23.7 Å². The molecule has 1 fully saturated rings. The molecule has 0 spiro atoms. The molecule has 2 aliphatic rings. The highest BCUT2D eigenvalue weighted by Gasteiger charge is 2.27. The monoisotopic (exact) mass is 482 g/mol. The molecule has 4 rings (SSSR count). The molecular weight excluding hydrogens is 451 g/mol. The number of aryl methyl sites for hydroxylation is 1. The third kappa shape index (κ3) is 5.30. The minimum absolute atomic E-state index is 0.0419. The summed E-state index contributed by atoms with van der Waals surface area (Å²) in [4.78, 5) is 43.1. The van der Waals surface area contributed by atoms with E-state index in [9.17, 15) is 18.8 Å². The number of likely N-dealkylation sites (tertiary alicyclic amines) is 1. The Bertz CT molecular complexity index is 1180. The smallest absolute Gasteiger partial charge is 0.256 e. The lowest BCUT2D eigenvalue weighted by molar-refractivity contribution is -0.134. The van der Waals surface area contributed by atoms with Crippen molar-refractivity contribution in [2.24, 2.45) is 0 Å². The zero-order valence-corrected chi connectivity index (χ0v) is 20.3. The number of H-pyrrole nitrogens is 1. The maximum Gasteiger partial charge on any atom is 0.256 e. The Morgan fingerprint density at radius 1 is 1.23 bits per heavy atom. The van der Waals surface area contributed by atoms with E-state index in [2.05, 4.69) is 15.6 Å². The van der Waals surface area contributed by atoms with Crippen LogP contribution in [0.1, 0.15) is 58.6 Å². The number of benzene rings is 1. The van der Waals surface area contributed by atoms with E-state index >= 15 is 0 Å². The molecule has 1 atom stereocenters. The van der Waals surface area contributed by atoms with Crippen LogP contribution >= 0.6 is 0 Å². The van der Waals surface area contributed by atoms with Crippen LogP contribution in [-0.2, 0) is 14.3 Å². The fourth-order valence-electron chi connectivity index (χ4n) is 4.71. The first-order valence-corrected chi connectivity index (χ1v) is 11.9. The molecule has 0 saturated carbocycles. The minimum atomic E-state index is -0.433. The molecule has 2 aromatic rings. The molecule has 0 bridgehead atoms. The molecule has 186 valence electrons. The van der Waals surface area contributed by atoms with Crippen LogP contribution in [-0.4, -0.2) is 60.5 Å². The number of nitrogens with zero attached hydrogens (tertiary/aromatic N) is 1. The number of hydrogen-bond donors (Lipinski definition) is 3. The van der Waals surface area contributed by atoms with E-state index < -0.39 is 11.9 Å². The number of aromatic amines is 1. The number of carbonyl (C=O) groups is 3. The molecule has 3 N–H and O–H groups in total. The lowest BCUT2D eigenvalue weighted by Crippen LogP contribution is -2.40. The number of piperidine rings is 1. The van der Waals surface area contributed by atoms with Gasteiger partial charge in [-0.1, -0.05) is 0 Å². The van der Waals surface area contributed by atoms with Crippen molar-refractivity contribution in [1.82, 2.24) is 15.2 Å². The van der Waals surface area contributed by atoms with Crippen molar-refractivity contribution in [3.05, 3.63) is 52.1 Å². The number of aromatic nitrogens is 1. The van der Waals surface area contributed by atoms with Gasteiger partial charge in [-0.05, 0) is 62.9 Å². The van der Waals surface area contributed by atoms with Gasteiger partial charge in [0, 0.05) is 49.4 Å². The fraction of sp³-hybridized carbons (Fsp3) is 0.423. The van der Waals surface area contributed by atoms with Crippen LogP contribution in [0.5, 0.6) is 0 Å². The van der Waals surface area contributed by atoms with Crippen LogP contribution < -0.4 is 10.6 Å². The maximum atomic E-state index is 13.8. The van der Waals surface area contributed by atoms with E-state index in [1.165, 1.54) is 25.3 Å². The highest BCUT2D eigenvalue weighted by atomic mass is 19.1. The fourth-order valence-corrected chi connectivity index (χ4v) is 4.71. The number of ether oxygens (including phenoxy) is 1. The Balaban J connectivity index is 1.46. The summed E-state index contributed by atoms with van der Waals surface area (Å²) in [7, 11) is 1.53. The molecule has 9 heteroatoms. The van der Waals surface area contributed by atoms with E-state index in [0.717, 1.165) is 32.4 Å². The summed E-state index contributed by atoms with van der Waals surface area (Å²) < 4.78 is 19.2. The first-order valence-electron chi connectivity index (χ1n) is 11.9. The molecular formula is C26H31FN4O4. The highest BCUT2D eigenvalue weighted by molar-refractivity contribution is 6.34. The van der Waals surface area contributed by atoms with Gasteiger partial charge in [-0.3, -0.25) is 14.4 Å². The van der Waals surface area contributed by atoms with Gasteiger partial charge in [0.25, 0.3) is 11.8 Å². The van der Waals surface area contributed by atoms with Crippen molar-refractivity contribution < 1.29 is 23.5 Å². The largest absolute Gasteiger partial charge is 0.379 e. The van der Waals surface area contributed by atoms with Crippen molar-refractivity contribution in [2.45, 2.75) is 45.6 Å². The Kier molecular flexibility index (Phi) is 7.35. The number of fused-ring (bicyclic) bond motifs is 1. The van der Waals surface area contributed by atoms with E-state index in [0.29, 0.717) is 39.3 Å². The van der Waals surface area contributed by atoms with Crippen molar-refractivity contribution in [2.75, 3.05) is 32.1 Å². The number of hydrogen-bond acceptors (Lipinski definition) is 4. The predicted molar refractivity (Wildman–Crippen MR) is 131 cm³/mol. The number of amides is 3. The molecule has 1 saturated heterocycles. The number of methoxy groups -OCH3 is 1. The summed E-state index contributed by atoms with van der Waals surface area (Å²) >= 11 is 0. The van der Waals surface area contributed by atoms with E-state index in [4.69, 9.17) is 4.74 Å². The van der Waals surface area contributed by atoms with Crippen molar-refractivity contribution in [3.63, 3.8) is 0 Å². The first kappa shape index (κ1) is 24.7. The minimum Gasteiger partial charge on any atom is -0.379 e. The molecule has 3 heterocycles. The molecule has 1 unspecified atom stereocenters. The standard InChI is InChI=1S/C26H31FN4O4/c1-15-22(13-20-19-11-17(27)7-8-21(19)30-25(20)33)29-16(2)24(15)26(34)28-14-18(35-3)12-23(32)31-9-5-4-6-10-31/h7-8,11,13,18,29H,4-6,9-10,12,14H2,1-3H3,(H,28,34)(H,30,33)/b20-13-. The summed E-state index contributed by atoms with van der Waals surface area (Å²) in [5, 5.41) is 5.60. The van der Waals surface area contributed by atoms with Gasteiger partial charge >= 0.3 is 0 Å². The molecule has 0 aliphatic carbocycles. The Morgan fingerprint density at radius 3 is 2.69 bits per heavy atom. The summed E-state index contributed by atoms with van der Waals surface area (Å²) in [5.74, 6) is -1.02. The van der Waals surface area contributed by atoms with Crippen molar-refractivity contribution in [1.29, 1.82) is 0 Å². The van der Waals surface area contributed by atoms with Gasteiger partial charge in [0.2, 0.25) is 5.91 Å². The molecule has 0 radical (unpaired) electrons.